The van der Waals surface area contributed by atoms with E-state index in [9.17, 15) is 0 Å². The maximum Gasteiger partial charge on any atom is -0.00264 e. The molecule has 0 heterocycles. The predicted molar refractivity (Wildman–Crippen MR) is 149 cm³/mol. The first-order valence-electron chi connectivity index (χ1n) is 11.9. The Morgan fingerprint density at radius 2 is 0.706 bits per heavy atom. The van der Waals surface area contributed by atoms with Crippen molar-refractivity contribution in [3.63, 3.8) is 0 Å². The van der Waals surface area contributed by atoms with Crippen LogP contribution in [0.1, 0.15) is 0 Å². The zero-order chi connectivity index (χ0) is 22.2. The number of hydrogen-bond acceptors (Lipinski definition) is 0. The Bertz CT molecular complexity index is 2110. The van der Waals surface area contributed by atoms with Crippen LogP contribution in [0.25, 0.3) is 75.4 Å². The first kappa shape index (κ1) is 18.1. The fourth-order valence-corrected chi connectivity index (χ4v) is 5.89. The number of fused-ring (bicyclic) bond motifs is 11. The second-order valence-corrected chi connectivity index (χ2v) is 9.39. The largest absolute Gasteiger partial charge is 0.0616 e. The van der Waals surface area contributed by atoms with Crippen LogP contribution in [0.5, 0.6) is 0 Å². The lowest BCUT2D eigenvalue weighted by Gasteiger charge is -2.12. The van der Waals surface area contributed by atoms with E-state index in [2.05, 4.69) is 121 Å². The van der Waals surface area contributed by atoms with Gasteiger partial charge in [0.1, 0.15) is 0 Å². The van der Waals surface area contributed by atoms with Gasteiger partial charge in [-0.2, -0.15) is 0 Å². The highest BCUT2D eigenvalue weighted by atomic mass is 14.1. The van der Waals surface area contributed by atoms with Crippen LogP contribution >= 0.6 is 0 Å². The van der Waals surface area contributed by atoms with Crippen LogP contribution in [-0.4, -0.2) is 0 Å². The highest BCUT2D eigenvalue weighted by Gasteiger charge is 2.10. The van der Waals surface area contributed by atoms with Gasteiger partial charge in [-0.05, 0) is 99.7 Å². The van der Waals surface area contributed by atoms with Crippen LogP contribution in [0, 0.1) is 0 Å². The van der Waals surface area contributed by atoms with E-state index in [0.29, 0.717) is 0 Å². The van der Waals surface area contributed by atoms with Crippen LogP contribution in [-0.2, 0) is 0 Å². The third kappa shape index (κ3) is 2.43. The molecule has 0 saturated heterocycles. The molecule has 0 amide bonds. The first-order valence-corrected chi connectivity index (χ1v) is 11.9. The molecule has 0 unspecified atom stereocenters. The average molecular weight is 429 g/mol. The standard InChI is InChI=1S/C34H20/c1-2-7-24-18-32-25(17-23(24)6-1)11-9-22-10-12-27-19-31-26(20-33(27)34(22)32)14-16-29-28-8-4-3-5-21(28)13-15-30(29)31/h1-20H. The smallest absolute Gasteiger partial charge is 0.00264 e. The molecule has 0 atom stereocenters. The van der Waals surface area contributed by atoms with Crippen molar-refractivity contribution in [2.75, 3.05) is 0 Å². The summed E-state index contributed by atoms with van der Waals surface area (Å²) in [5.74, 6) is 0. The highest BCUT2D eigenvalue weighted by molar-refractivity contribution is 6.26. The van der Waals surface area contributed by atoms with Crippen molar-refractivity contribution < 1.29 is 0 Å². The van der Waals surface area contributed by atoms with E-state index in [0.717, 1.165) is 0 Å². The molecule has 0 aliphatic carbocycles. The summed E-state index contributed by atoms with van der Waals surface area (Å²) in [6.45, 7) is 0. The Balaban J connectivity index is 1.53. The lowest BCUT2D eigenvalue weighted by atomic mass is 9.91. The number of hydrogen-bond donors (Lipinski definition) is 0. The second-order valence-electron chi connectivity index (χ2n) is 9.39. The van der Waals surface area contributed by atoms with Crippen molar-refractivity contribution in [2.24, 2.45) is 0 Å². The van der Waals surface area contributed by atoms with Gasteiger partial charge in [0.15, 0.2) is 0 Å². The van der Waals surface area contributed by atoms with Gasteiger partial charge in [0.05, 0.1) is 0 Å². The molecule has 34 heavy (non-hydrogen) atoms. The molecule has 0 bridgehead atoms. The van der Waals surface area contributed by atoms with Gasteiger partial charge in [-0.25, -0.2) is 0 Å². The quantitative estimate of drug-likeness (QED) is 0.166. The molecule has 8 aromatic carbocycles. The zero-order valence-corrected chi connectivity index (χ0v) is 18.5. The maximum absolute atomic E-state index is 2.40. The molecule has 0 nitrogen and oxygen atoms in total. The van der Waals surface area contributed by atoms with Gasteiger partial charge >= 0.3 is 0 Å². The van der Waals surface area contributed by atoms with Gasteiger partial charge < -0.3 is 0 Å². The summed E-state index contributed by atoms with van der Waals surface area (Å²) in [7, 11) is 0. The minimum atomic E-state index is 1.29. The van der Waals surface area contributed by atoms with Crippen molar-refractivity contribution in [3.8, 4) is 0 Å². The summed E-state index contributed by atoms with van der Waals surface area (Å²) in [5.41, 5.74) is 0. The summed E-state index contributed by atoms with van der Waals surface area (Å²) < 4.78 is 0. The van der Waals surface area contributed by atoms with E-state index in [1.807, 2.05) is 0 Å². The lowest BCUT2D eigenvalue weighted by Crippen LogP contribution is -1.85. The van der Waals surface area contributed by atoms with Gasteiger partial charge in [0.25, 0.3) is 0 Å². The van der Waals surface area contributed by atoms with E-state index < -0.39 is 0 Å². The van der Waals surface area contributed by atoms with Crippen molar-refractivity contribution in [1.82, 2.24) is 0 Å². The summed E-state index contributed by atoms with van der Waals surface area (Å²) in [5, 5.41) is 18.3. The molecule has 0 aliphatic heterocycles. The summed E-state index contributed by atoms with van der Waals surface area (Å²) in [6.07, 6.45) is 0. The SMILES string of the molecule is c1ccc2cc3c(ccc4ccc5cc6c(ccc7c8ccccc8ccc67)cc5c43)cc2c1. The van der Waals surface area contributed by atoms with E-state index in [1.54, 1.807) is 0 Å². The van der Waals surface area contributed by atoms with Gasteiger partial charge in [-0.15, -0.1) is 0 Å². The average Bonchev–Trinajstić information content (AvgIpc) is 2.90. The van der Waals surface area contributed by atoms with Gasteiger partial charge in [-0.3, -0.25) is 0 Å². The van der Waals surface area contributed by atoms with Gasteiger partial charge in [0, 0.05) is 0 Å². The van der Waals surface area contributed by atoms with Crippen molar-refractivity contribution in [3.05, 3.63) is 121 Å². The molecule has 0 heteroatoms. The molecule has 0 aliphatic rings. The Hall–Kier alpha value is -4.42. The summed E-state index contributed by atoms with van der Waals surface area (Å²) >= 11 is 0. The van der Waals surface area contributed by atoms with Crippen LogP contribution < -0.4 is 0 Å². The van der Waals surface area contributed by atoms with Crippen LogP contribution in [0.4, 0.5) is 0 Å². The Morgan fingerprint density at radius 3 is 1.50 bits per heavy atom. The highest BCUT2D eigenvalue weighted by Crippen LogP contribution is 2.38. The van der Waals surface area contributed by atoms with Crippen molar-refractivity contribution in [2.45, 2.75) is 0 Å². The molecule has 0 spiro atoms. The topological polar surface area (TPSA) is 0 Å². The predicted octanol–water partition coefficient (Wildman–Crippen LogP) is 9.76. The molecule has 0 fully saturated rings. The fraction of sp³-hybridized carbons (Fsp3) is 0. The Kier molecular flexibility index (Phi) is 3.48. The molecule has 0 aromatic heterocycles. The third-order valence-electron chi connectivity index (χ3n) is 7.54. The first-order chi connectivity index (χ1) is 16.8. The van der Waals surface area contributed by atoms with E-state index in [-0.39, 0.29) is 0 Å². The van der Waals surface area contributed by atoms with Crippen molar-refractivity contribution in [1.29, 1.82) is 0 Å². The number of rotatable bonds is 0. The molecule has 0 N–H and O–H groups in total. The third-order valence-corrected chi connectivity index (χ3v) is 7.54. The zero-order valence-electron chi connectivity index (χ0n) is 18.5. The molecular weight excluding hydrogens is 408 g/mol. The van der Waals surface area contributed by atoms with Crippen molar-refractivity contribution >= 4 is 75.4 Å². The Labute approximate surface area is 196 Å². The minimum absolute atomic E-state index is 1.29. The number of benzene rings is 8. The molecular formula is C34H20. The molecule has 0 saturated carbocycles. The van der Waals surface area contributed by atoms with Gasteiger partial charge in [0.2, 0.25) is 0 Å². The monoisotopic (exact) mass is 428 g/mol. The molecule has 0 radical (unpaired) electrons. The van der Waals surface area contributed by atoms with Crippen LogP contribution in [0.15, 0.2) is 121 Å². The van der Waals surface area contributed by atoms with E-state index >= 15 is 0 Å². The summed E-state index contributed by atoms with van der Waals surface area (Å²) in [4.78, 5) is 0. The molecule has 156 valence electrons. The maximum atomic E-state index is 2.40. The van der Waals surface area contributed by atoms with Crippen LogP contribution in [0.3, 0.4) is 0 Å². The van der Waals surface area contributed by atoms with E-state index in [4.69, 9.17) is 0 Å². The van der Waals surface area contributed by atoms with Crippen LogP contribution in [0.2, 0.25) is 0 Å². The lowest BCUT2D eigenvalue weighted by molar-refractivity contribution is 1.78. The molecule has 8 rings (SSSR count). The Morgan fingerprint density at radius 1 is 0.235 bits per heavy atom. The molecule has 8 aromatic rings. The van der Waals surface area contributed by atoms with E-state index in [1.165, 1.54) is 75.4 Å². The normalized spacial score (nSPS) is 12.1. The summed E-state index contributed by atoms with van der Waals surface area (Å²) in [6, 6.07) is 45.0. The minimum Gasteiger partial charge on any atom is -0.0616 e. The fourth-order valence-electron chi connectivity index (χ4n) is 5.89. The van der Waals surface area contributed by atoms with Gasteiger partial charge in [-0.1, -0.05) is 97.1 Å². The second kappa shape index (κ2) is 6.56.